The smallest absolute Gasteiger partial charge is 0.306 e. The highest BCUT2D eigenvalue weighted by molar-refractivity contribution is 5.71. The lowest BCUT2D eigenvalue weighted by atomic mass is 10.0. The summed E-state index contributed by atoms with van der Waals surface area (Å²) in [6.45, 7) is 6.53. The van der Waals surface area contributed by atoms with Gasteiger partial charge in [0.05, 0.1) is 0 Å². The number of unbranched alkanes of at least 4 members (excludes halogenated alkanes) is 37. The average molecular weight is 1020 g/mol. The summed E-state index contributed by atoms with van der Waals surface area (Å²) < 4.78 is 16.9. The number of rotatable bonds is 58. The van der Waals surface area contributed by atoms with Crippen LogP contribution >= 0.6 is 0 Å². The monoisotopic (exact) mass is 1020 g/mol. The topological polar surface area (TPSA) is 78.9 Å². The molecule has 0 N–H and O–H groups in total. The standard InChI is InChI=1S/C67H120O6/c1-4-7-10-13-16-19-22-25-28-30-31-32-33-34-35-37-39-42-45-48-51-54-57-60-66(69)72-63-64(62-71-65(68)59-56-53-50-47-44-41-38-27-24-21-18-15-12-9-6-3)73-67(70)61-58-55-52-49-46-43-40-36-29-26-23-20-17-14-11-8-5-2/h8,11,17-18,20-21,26-27,29,38,64H,4-7,9-10,12-16,19,22-25,28,30-37,39-63H2,1-3H3/b11-8-,20-17-,21-18-,29-26-,38-27-. The van der Waals surface area contributed by atoms with E-state index in [9.17, 15) is 14.4 Å². The van der Waals surface area contributed by atoms with Crippen LogP contribution in [0.5, 0.6) is 0 Å². The number of ether oxygens (including phenoxy) is 3. The molecule has 0 aliphatic heterocycles. The number of allylic oxidation sites excluding steroid dienone is 10. The first-order valence-electron chi connectivity index (χ1n) is 31.8. The fourth-order valence-electron chi connectivity index (χ4n) is 9.25. The molecule has 0 bridgehead atoms. The Balaban J connectivity index is 4.31. The lowest BCUT2D eigenvalue weighted by molar-refractivity contribution is -0.167. The Labute approximate surface area is 453 Å². The van der Waals surface area contributed by atoms with Crippen LogP contribution in [-0.4, -0.2) is 37.2 Å². The van der Waals surface area contributed by atoms with Gasteiger partial charge in [-0.25, -0.2) is 0 Å². The quantitative estimate of drug-likeness (QED) is 0.0261. The van der Waals surface area contributed by atoms with Gasteiger partial charge in [0.2, 0.25) is 0 Å². The molecule has 0 aliphatic rings. The molecule has 0 radical (unpaired) electrons. The van der Waals surface area contributed by atoms with Crippen LogP contribution in [0.1, 0.15) is 329 Å². The van der Waals surface area contributed by atoms with Gasteiger partial charge in [-0.05, 0) is 83.5 Å². The molecule has 0 amide bonds. The van der Waals surface area contributed by atoms with Crippen LogP contribution in [0.25, 0.3) is 0 Å². The highest BCUT2D eigenvalue weighted by Gasteiger charge is 2.19. The minimum atomic E-state index is -0.785. The number of hydrogen-bond donors (Lipinski definition) is 0. The van der Waals surface area contributed by atoms with Gasteiger partial charge in [0.15, 0.2) is 6.10 Å². The van der Waals surface area contributed by atoms with E-state index in [1.165, 1.54) is 186 Å². The van der Waals surface area contributed by atoms with Crippen molar-refractivity contribution in [1.29, 1.82) is 0 Å². The van der Waals surface area contributed by atoms with Gasteiger partial charge in [-0.1, -0.05) is 287 Å². The lowest BCUT2D eigenvalue weighted by Crippen LogP contribution is -2.30. The van der Waals surface area contributed by atoms with Crippen LogP contribution in [0.15, 0.2) is 60.8 Å². The van der Waals surface area contributed by atoms with E-state index in [0.29, 0.717) is 19.3 Å². The van der Waals surface area contributed by atoms with E-state index in [1.54, 1.807) is 0 Å². The van der Waals surface area contributed by atoms with Crippen LogP contribution in [-0.2, 0) is 28.6 Å². The maximum Gasteiger partial charge on any atom is 0.306 e. The molecule has 1 atom stereocenters. The van der Waals surface area contributed by atoms with Gasteiger partial charge in [0.25, 0.3) is 0 Å². The second-order valence-electron chi connectivity index (χ2n) is 21.3. The molecule has 0 saturated heterocycles. The van der Waals surface area contributed by atoms with Crippen LogP contribution in [0.3, 0.4) is 0 Å². The predicted molar refractivity (Wildman–Crippen MR) is 316 cm³/mol. The van der Waals surface area contributed by atoms with Crippen molar-refractivity contribution in [1.82, 2.24) is 0 Å². The van der Waals surface area contributed by atoms with Gasteiger partial charge in [-0.3, -0.25) is 14.4 Å². The Morgan fingerprint density at radius 1 is 0.288 bits per heavy atom. The fraction of sp³-hybridized carbons (Fsp3) is 0.806. The summed E-state index contributed by atoms with van der Waals surface area (Å²) in [5.41, 5.74) is 0. The second kappa shape index (κ2) is 61.7. The Hall–Kier alpha value is -2.89. The molecule has 0 heterocycles. The van der Waals surface area contributed by atoms with Crippen LogP contribution in [0.2, 0.25) is 0 Å². The molecule has 424 valence electrons. The van der Waals surface area contributed by atoms with Gasteiger partial charge in [0.1, 0.15) is 13.2 Å². The van der Waals surface area contributed by atoms with Gasteiger partial charge >= 0.3 is 17.9 Å². The third-order valence-electron chi connectivity index (χ3n) is 14.0. The first-order chi connectivity index (χ1) is 36.0. The van der Waals surface area contributed by atoms with Crippen molar-refractivity contribution >= 4 is 17.9 Å². The Morgan fingerprint density at radius 3 is 0.863 bits per heavy atom. The number of carbonyl (C=O) groups is 3. The summed E-state index contributed by atoms with van der Waals surface area (Å²) in [5, 5.41) is 0. The first kappa shape index (κ1) is 70.1. The average Bonchev–Trinajstić information content (AvgIpc) is 3.39. The summed E-state index contributed by atoms with van der Waals surface area (Å²) in [6.07, 6.45) is 78.0. The molecule has 0 aliphatic carbocycles. The predicted octanol–water partition coefficient (Wildman–Crippen LogP) is 21.6. The van der Waals surface area contributed by atoms with Gasteiger partial charge in [-0.2, -0.15) is 0 Å². The second-order valence-corrected chi connectivity index (χ2v) is 21.3. The maximum absolute atomic E-state index is 12.9. The SMILES string of the molecule is CC/C=C\C/C=C\C/C=C\CCCCCCCCCC(=O)OC(COC(=O)CCCCCCC/C=C\C/C=C\CCCCC)COC(=O)CCCCCCCCCCCCCCCCCCCCCCCCC. The molecule has 0 aromatic carbocycles. The lowest BCUT2D eigenvalue weighted by Gasteiger charge is -2.18. The molecule has 0 fully saturated rings. The number of hydrogen-bond acceptors (Lipinski definition) is 6. The Bertz CT molecular complexity index is 1310. The zero-order valence-electron chi connectivity index (χ0n) is 48.7. The molecule has 0 aromatic rings. The van der Waals surface area contributed by atoms with E-state index in [0.717, 1.165) is 103 Å². The molecular formula is C67H120O6. The summed E-state index contributed by atoms with van der Waals surface area (Å²) in [7, 11) is 0. The molecule has 1 unspecified atom stereocenters. The summed E-state index contributed by atoms with van der Waals surface area (Å²) >= 11 is 0. The van der Waals surface area contributed by atoms with E-state index in [2.05, 4.69) is 81.5 Å². The van der Waals surface area contributed by atoms with E-state index in [1.807, 2.05) is 0 Å². The molecule has 0 saturated carbocycles. The third-order valence-corrected chi connectivity index (χ3v) is 14.0. The third kappa shape index (κ3) is 59.9. The minimum Gasteiger partial charge on any atom is -0.462 e. The zero-order chi connectivity index (χ0) is 52.9. The molecule has 0 aromatic heterocycles. The summed E-state index contributed by atoms with van der Waals surface area (Å²) in [6, 6.07) is 0. The van der Waals surface area contributed by atoms with Gasteiger partial charge in [0, 0.05) is 19.3 Å². The highest BCUT2D eigenvalue weighted by Crippen LogP contribution is 2.17. The van der Waals surface area contributed by atoms with E-state index >= 15 is 0 Å². The molecule has 6 nitrogen and oxygen atoms in total. The zero-order valence-corrected chi connectivity index (χ0v) is 48.7. The minimum absolute atomic E-state index is 0.0799. The molecular weight excluding hydrogens is 901 g/mol. The van der Waals surface area contributed by atoms with E-state index in [4.69, 9.17) is 14.2 Å². The fourth-order valence-corrected chi connectivity index (χ4v) is 9.25. The van der Waals surface area contributed by atoms with Crippen molar-refractivity contribution in [3.63, 3.8) is 0 Å². The molecule has 6 heteroatoms. The van der Waals surface area contributed by atoms with Crippen molar-refractivity contribution in [3.05, 3.63) is 60.8 Å². The van der Waals surface area contributed by atoms with E-state index in [-0.39, 0.29) is 31.1 Å². The van der Waals surface area contributed by atoms with Crippen molar-refractivity contribution in [3.8, 4) is 0 Å². The van der Waals surface area contributed by atoms with Crippen molar-refractivity contribution < 1.29 is 28.6 Å². The van der Waals surface area contributed by atoms with Crippen LogP contribution < -0.4 is 0 Å². The van der Waals surface area contributed by atoms with Gasteiger partial charge in [-0.15, -0.1) is 0 Å². The number of carbonyl (C=O) groups excluding carboxylic acids is 3. The van der Waals surface area contributed by atoms with Crippen LogP contribution in [0.4, 0.5) is 0 Å². The van der Waals surface area contributed by atoms with Crippen molar-refractivity contribution in [2.45, 2.75) is 335 Å². The Morgan fingerprint density at radius 2 is 0.534 bits per heavy atom. The molecule has 0 spiro atoms. The molecule has 0 rings (SSSR count). The normalized spacial score (nSPS) is 12.4. The van der Waals surface area contributed by atoms with Crippen molar-refractivity contribution in [2.24, 2.45) is 0 Å². The summed E-state index contributed by atoms with van der Waals surface area (Å²) in [5.74, 6) is -0.887. The van der Waals surface area contributed by atoms with Crippen molar-refractivity contribution in [2.75, 3.05) is 13.2 Å². The summed E-state index contributed by atoms with van der Waals surface area (Å²) in [4.78, 5) is 38.3. The van der Waals surface area contributed by atoms with E-state index < -0.39 is 6.10 Å². The van der Waals surface area contributed by atoms with Gasteiger partial charge < -0.3 is 14.2 Å². The number of esters is 3. The maximum atomic E-state index is 12.9. The highest BCUT2D eigenvalue weighted by atomic mass is 16.6. The Kier molecular flexibility index (Phi) is 59.2. The van der Waals surface area contributed by atoms with Crippen LogP contribution in [0, 0.1) is 0 Å². The largest absolute Gasteiger partial charge is 0.462 e. The molecule has 73 heavy (non-hydrogen) atoms. The first-order valence-corrected chi connectivity index (χ1v) is 31.8.